The van der Waals surface area contributed by atoms with E-state index in [0.717, 1.165) is 4.90 Å². The lowest BCUT2D eigenvalue weighted by molar-refractivity contribution is -0.384. The van der Waals surface area contributed by atoms with Crippen LogP contribution in [0.1, 0.15) is 16.5 Å². The van der Waals surface area contributed by atoms with Gasteiger partial charge in [-0.3, -0.25) is 19.8 Å². The van der Waals surface area contributed by atoms with Crippen LogP contribution >= 0.6 is 0 Å². The van der Waals surface area contributed by atoms with Gasteiger partial charge in [-0.15, -0.1) is 0 Å². The summed E-state index contributed by atoms with van der Waals surface area (Å²) in [5, 5.41) is 9.98. The number of anilines is 1. The minimum absolute atomic E-state index is 0.112. The van der Waals surface area contributed by atoms with Crippen LogP contribution in [0.3, 0.4) is 0 Å². The van der Waals surface area contributed by atoms with Gasteiger partial charge in [0, 0.05) is 12.1 Å². The zero-order chi connectivity index (χ0) is 26.0. The number of benzene rings is 4. The number of sulfone groups is 1. The fourth-order valence-electron chi connectivity index (χ4n) is 4.15. The second-order valence-corrected chi connectivity index (χ2v) is 10.2. The molecule has 4 aromatic rings. The van der Waals surface area contributed by atoms with Crippen molar-refractivity contribution in [1.29, 1.82) is 0 Å². The molecule has 1 aliphatic rings. The normalized spacial score (nSPS) is 17.6. The van der Waals surface area contributed by atoms with Crippen LogP contribution in [0.4, 0.5) is 11.4 Å². The molecular formula is C28H20N2O6S. The van der Waals surface area contributed by atoms with E-state index in [0.29, 0.717) is 22.6 Å². The average molecular weight is 513 g/mol. The Kier molecular flexibility index (Phi) is 6.29. The van der Waals surface area contributed by atoms with Crippen LogP contribution in [0.25, 0.3) is 6.08 Å². The van der Waals surface area contributed by atoms with Gasteiger partial charge in [0.1, 0.15) is 16.4 Å². The number of hydrogen-bond donors (Lipinski definition) is 0. The second-order valence-electron chi connectivity index (χ2n) is 8.26. The van der Waals surface area contributed by atoms with Gasteiger partial charge in [0.2, 0.25) is 9.84 Å². The molecule has 1 heterocycles. The number of nitro groups is 1. The summed E-state index contributed by atoms with van der Waals surface area (Å²) in [6, 6.07) is 29.5. The number of para-hydroxylation sites is 1. The molecule has 1 fully saturated rings. The summed E-state index contributed by atoms with van der Waals surface area (Å²) < 4.78 is 33.4. The van der Waals surface area contributed by atoms with Gasteiger partial charge in [-0.25, -0.2) is 8.42 Å². The molecule has 0 spiro atoms. The van der Waals surface area contributed by atoms with Gasteiger partial charge in [0.05, 0.1) is 10.6 Å². The molecule has 1 amide bonds. The summed E-state index contributed by atoms with van der Waals surface area (Å²) in [6.07, 6.45) is 1.31. The van der Waals surface area contributed by atoms with Crippen molar-refractivity contribution in [2.45, 2.75) is 5.37 Å². The maximum atomic E-state index is 13.8. The van der Waals surface area contributed by atoms with E-state index in [4.69, 9.17) is 4.74 Å². The summed E-state index contributed by atoms with van der Waals surface area (Å²) in [6.45, 7) is 0. The van der Waals surface area contributed by atoms with Gasteiger partial charge in [-0.1, -0.05) is 66.7 Å². The van der Waals surface area contributed by atoms with E-state index in [9.17, 15) is 23.3 Å². The van der Waals surface area contributed by atoms with Crippen LogP contribution in [0.2, 0.25) is 0 Å². The Morgan fingerprint density at radius 2 is 1.46 bits per heavy atom. The number of amides is 1. The molecule has 0 aromatic heterocycles. The number of carbonyl (C=O) groups excluding carboxylic acids is 1. The molecule has 1 atom stereocenters. The maximum Gasteiger partial charge on any atom is 0.271 e. The molecule has 9 heteroatoms. The number of carbonyl (C=O) groups is 1. The first-order valence-electron chi connectivity index (χ1n) is 11.3. The lowest BCUT2D eigenvalue weighted by Crippen LogP contribution is -2.29. The lowest BCUT2D eigenvalue weighted by atomic mass is 10.1. The molecule has 0 bridgehead atoms. The first-order valence-corrected chi connectivity index (χ1v) is 12.8. The lowest BCUT2D eigenvalue weighted by Gasteiger charge is -2.23. The molecule has 184 valence electrons. The Bertz CT molecular complexity index is 1620. The molecule has 0 radical (unpaired) electrons. The van der Waals surface area contributed by atoms with E-state index in [1.54, 1.807) is 66.7 Å². The van der Waals surface area contributed by atoms with Gasteiger partial charge < -0.3 is 4.74 Å². The molecule has 4 aromatic carbocycles. The van der Waals surface area contributed by atoms with Gasteiger partial charge in [0.15, 0.2) is 5.37 Å². The third kappa shape index (κ3) is 4.72. The van der Waals surface area contributed by atoms with Crippen molar-refractivity contribution < 1.29 is 22.9 Å². The van der Waals surface area contributed by atoms with E-state index in [1.807, 2.05) is 18.2 Å². The number of ether oxygens (including phenoxy) is 1. The topological polar surface area (TPSA) is 107 Å². The van der Waals surface area contributed by atoms with Gasteiger partial charge in [0.25, 0.3) is 11.6 Å². The van der Waals surface area contributed by atoms with Crippen molar-refractivity contribution in [2.24, 2.45) is 0 Å². The largest absolute Gasteiger partial charge is 0.457 e. The van der Waals surface area contributed by atoms with E-state index in [-0.39, 0.29) is 11.4 Å². The van der Waals surface area contributed by atoms with Crippen LogP contribution in [-0.2, 0) is 14.6 Å². The molecule has 0 N–H and O–H groups in total. The van der Waals surface area contributed by atoms with Crippen molar-refractivity contribution >= 4 is 33.2 Å². The van der Waals surface area contributed by atoms with Gasteiger partial charge in [-0.2, -0.15) is 0 Å². The van der Waals surface area contributed by atoms with Crippen molar-refractivity contribution in [3.05, 3.63) is 135 Å². The predicted molar refractivity (Wildman–Crippen MR) is 140 cm³/mol. The van der Waals surface area contributed by atoms with Gasteiger partial charge in [-0.05, 0) is 47.5 Å². The predicted octanol–water partition coefficient (Wildman–Crippen LogP) is 5.89. The number of nitro benzene ring substituents is 1. The summed E-state index contributed by atoms with van der Waals surface area (Å²) >= 11 is 0. The highest BCUT2D eigenvalue weighted by atomic mass is 32.2. The summed E-state index contributed by atoms with van der Waals surface area (Å²) in [7, 11) is -4.20. The Morgan fingerprint density at radius 1 is 0.811 bits per heavy atom. The Morgan fingerprint density at radius 3 is 2.16 bits per heavy atom. The highest BCUT2D eigenvalue weighted by Gasteiger charge is 2.50. The van der Waals surface area contributed by atoms with E-state index < -0.39 is 30.9 Å². The molecule has 37 heavy (non-hydrogen) atoms. The van der Waals surface area contributed by atoms with Crippen molar-refractivity contribution in [3.8, 4) is 11.5 Å². The Labute approximate surface area is 213 Å². The number of non-ortho nitro benzene ring substituents is 1. The highest BCUT2D eigenvalue weighted by Crippen LogP contribution is 2.44. The van der Waals surface area contributed by atoms with Crippen LogP contribution in [0, 0.1) is 10.1 Å². The standard InChI is InChI=1S/C28H20N2O6S/c31-27-26(18-20-9-7-16-25(17-20)36-24-14-5-2-6-15-24)37(34,35)28(21-10-3-1-4-11-21)29(27)22-12-8-13-23(19-22)30(32)33/h1-19,28H/b26-18+. The molecule has 8 nitrogen and oxygen atoms in total. The first kappa shape index (κ1) is 24.0. The monoisotopic (exact) mass is 512 g/mol. The van der Waals surface area contributed by atoms with E-state index in [2.05, 4.69) is 0 Å². The van der Waals surface area contributed by atoms with Crippen LogP contribution < -0.4 is 9.64 Å². The second kappa shape index (κ2) is 9.71. The Hall–Kier alpha value is -4.76. The molecule has 1 unspecified atom stereocenters. The Balaban J connectivity index is 1.60. The zero-order valence-electron chi connectivity index (χ0n) is 19.3. The number of rotatable bonds is 6. The average Bonchev–Trinajstić information content (AvgIpc) is 3.10. The molecular weight excluding hydrogens is 492 g/mol. The van der Waals surface area contributed by atoms with Crippen LogP contribution in [0.5, 0.6) is 11.5 Å². The summed E-state index contributed by atoms with van der Waals surface area (Å²) in [5.41, 5.74) is 0.680. The summed E-state index contributed by atoms with van der Waals surface area (Å²) in [4.78, 5) is 25.1. The molecule has 1 aliphatic heterocycles. The number of nitrogens with zero attached hydrogens (tertiary/aromatic N) is 2. The zero-order valence-corrected chi connectivity index (χ0v) is 20.1. The molecule has 5 rings (SSSR count). The van der Waals surface area contributed by atoms with E-state index in [1.165, 1.54) is 30.3 Å². The van der Waals surface area contributed by atoms with Gasteiger partial charge >= 0.3 is 0 Å². The third-order valence-corrected chi connectivity index (χ3v) is 7.78. The SMILES string of the molecule is O=C1/C(=C\c2cccc(Oc3ccccc3)c2)S(=O)(=O)C(c2ccccc2)N1c1cccc([N+](=O)[O-])c1. The molecule has 0 saturated carbocycles. The highest BCUT2D eigenvalue weighted by molar-refractivity contribution is 7.97. The minimum Gasteiger partial charge on any atom is -0.457 e. The summed E-state index contributed by atoms with van der Waals surface area (Å²) in [5.74, 6) is 0.306. The van der Waals surface area contributed by atoms with Crippen LogP contribution in [-0.4, -0.2) is 19.2 Å². The fourth-order valence-corrected chi connectivity index (χ4v) is 6.04. The van der Waals surface area contributed by atoms with Crippen molar-refractivity contribution in [3.63, 3.8) is 0 Å². The third-order valence-electron chi connectivity index (χ3n) is 5.80. The van der Waals surface area contributed by atoms with Crippen LogP contribution in [0.15, 0.2) is 114 Å². The van der Waals surface area contributed by atoms with E-state index >= 15 is 0 Å². The maximum absolute atomic E-state index is 13.8. The first-order chi connectivity index (χ1) is 17.8. The fraction of sp³-hybridized carbons (Fsp3) is 0.0357. The minimum atomic E-state index is -4.20. The van der Waals surface area contributed by atoms with Crippen molar-refractivity contribution in [1.82, 2.24) is 0 Å². The van der Waals surface area contributed by atoms with Crippen molar-refractivity contribution in [2.75, 3.05) is 4.90 Å². The number of hydrogen-bond acceptors (Lipinski definition) is 6. The molecule has 1 saturated heterocycles. The smallest absolute Gasteiger partial charge is 0.271 e. The molecule has 0 aliphatic carbocycles. The quantitative estimate of drug-likeness (QED) is 0.181.